The van der Waals surface area contributed by atoms with Gasteiger partial charge in [0, 0.05) is 12.6 Å². The Hall–Kier alpha value is -2.85. The van der Waals surface area contributed by atoms with Crippen molar-refractivity contribution in [3.05, 3.63) is 53.1 Å². The monoisotopic (exact) mass is 367 g/mol. The van der Waals surface area contributed by atoms with E-state index in [1.807, 2.05) is 0 Å². The van der Waals surface area contributed by atoms with Crippen molar-refractivity contribution >= 4 is 11.9 Å². The van der Waals surface area contributed by atoms with E-state index in [1.165, 1.54) is 6.07 Å². The van der Waals surface area contributed by atoms with Crippen LogP contribution < -0.4 is 15.7 Å². The SMILES string of the molecule is O=C(Nc1ccn(C2OC(CO)CC2(F)F)c(=O)n1)Oc1ccccc1. The number of alkyl halides is 2. The number of rotatable bonds is 4. The van der Waals surface area contributed by atoms with Crippen LogP contribution in [0.3, 0.4) is 0 Å². The average molecular weight is 367 g/mol. The third kappa shape index (κ3) is 3.86. The highest BCUT2D eigenvalue weighted by molar-refractivity contribution is 5.84. The maximum Gasteiger partial charge on any atom is 0.418 e. The third-order valence-electron chi connectivity index (χ3n) is 3.65. The van der Waals surface area contributed by atoms with Gasteiger partial charge in [-0.25, -0.2) is 18.4 Å². The van der Waals surface area contributed by atoms with Crippen LogP contribution in [-0.2, 0) is 4.74 Å². The van der Waals surface area contributed by atoms with Gasteiger partial charge in [0.15, 0.2) is 0 Å². The molecule has 0 spiro atoms. The van der Waals surface area contributed by atoms with Gasteiger partial charge in [-0.1, -0.05) is 18.2 Å². The molecule has 138 valence electrons. The van der Waals surface area contributed by atoms with Gasteiger partial charge in [0.05, 0.1) is 12.7 Å². The molecule has 2 heterocycles. The lowest BCUT2D eigenvalue weighted by Gasteiger charge is -2.19. The predicted octanol–water partition coefficient (Wildman–Crippen LogP) is 1.77. The molecule has 1 aliphatic heterocycles. The molecule has 10 heteroatoms. The van der Waals surface area contributed by atoms with E-state index >= 15 is 0 Å². The molecule has 2 N–H and O–H groups in total. The summed E-state index contributed by atoms with van der Waals surface area (Å²) in [6.07, 6.45) is -3.50. The summed E-state index contributed by atoms with van der Waals surface area (Å²) in [5, 5.41) is 11.2. The summed E-state index contributed by atoms with van der Waals surface area (Å²) in [4.78, 5) is 27.3. The first-order valence-corrected chi connectivity index (χ1v) is 7.66. The van der Waals surface area contributed by atoms with E-state index in [0.29, 0.717) is 4.57 Å². The van der Waals surface area contributed by atoms with Gasteiger partial charge in [-0.15, -0.1) is 0 Å². The highest BCUT2D eigenvalue weighted by atomic mass is 19.3. The lowest BCUT2D eigenvalue weighted by atomic mass is 10.2. The van der Waals surface area contributed by atoms with Crippen LogP contribution >= 0.6 is 0 Å². The Bertz CT molecular complexity index is 843. The molecule has 0 saturated carbocycles. The van der Waals surface area contributed by atoms with Crippen molar-refractivity contribution in [3.63, 3.8) is 0 Å². The van der Waals surface area contributed by atoms with E-state index in [-0.39, 0.29) is 11.6 Å². The fraction of sp³-hybridized carbons (Fsp3) is 0.312. The molecule has 1 fully saturated rings. The second kappa shape index (κ2) is 7.18. The van der Waals surface area contributed by atoms with Crippen molar-refractivity contribution in [3.8, 4) is 5.75 Å². The number of carbonyl (C=O) groups excluding carboxylic acids is 1. The van der Waals surface area contributed by atoms with Gasteiger partial charge < -0.3 is 14.6 Å². The smallest absolute Gasteiger partial charge is 0.410 e. The number of halogens is 2. The number of ether oxygens (including phenoxy) is 2. The van der Waals surface area contributed by atoms with Crippen molar-refractivity contribution in [1.82, 2.24) is 9.55 Å². The number of aliphatic hydroxyl groups excluding tert-OH is 1. The normalized spacial score (nSPS) is 21.3. The van der Waals surface area contributed by atoms with Gasteiger partial charge in [0.25, 0.3) is 5.92 Å². The number of amides is 1. The number of hydrogen-bond acceptors (Lipinski definition) is 6. The Labute approximate surface area is 146 Å². The summed E-state index contributed by atoms with van der Waals surface area (Å²) in [5.74, 6) is -3.21. The molecular weight excluding hydrogens is 352 g/mol. The van der Waals surface area contributed by atoms with Gasteiger partial charge >= 0.3 is 11.8 Å². The van der Waals surface area contributed by atoms with Crippen LogP contribution in [0.5, 0.6) is 5.75 Å². The van der Waals surface area contributed by atoms with Crippen molar-refractivity contribution in [1.29, 1.82) is 0 Å². The van der Waals surface area contributed by atoms with Crippen LogP contribution in [0.25, 0.3) is 0 Å². The van der Waals surface area contributed by atoms with Gasteiger partial charge in [-0.05, 0) is 18.2 Å². The minimum atomic E-state index is -3.33. The van der Waals surface area contributed by atoms with Crippen LogP contribution in [0.4, 0.5) is 19.4 Å². The van der Waals surface area contributed by atoms with Crippen molar-refractivity contribution in [2.24, 2.45) is 0 Å². The topological polar surface area (TPSA) is 103 Å². The van der Waals surface area contributed by atoms with Crippen LogP contribution in [0, 0.1) is 0 Å². The van der Waals surface area contributed by atoms with E-state index in [4.69, 9.17) is 14.6 Å². The molecule has 8 nitrogen and oxygen atoms in total. The summed E-state index contributed by atoms with van der Waals surface area (Å²) >= 11 is 0. The first-order valence-electron chi connectivity index (χ1n) is 7.66. The molecule has 1 saturated heterocycles. The molecule has 0 bridgehead atoms. The zero-order valence-corrected chi connectivity index (χ0v) is 13.3. The highest BCUT2D eigenvalue weighted by Gasteiger charge is 2.51. The lowest BCUT2D eigenvalue weighted by molar-refractivity contribution is -0.120. The van der Waals surface area contributed by atoms with Crippen molar-refractivity contribution < 1.29 is 28.2 Å². The summed E-state index contributed by atoms with van der Waals surface area (Å²) in [6.45, 7) is -0.584. The molecule has 1 aromatic heterocycles. The first kappa shape index (κ1) is 18.0. The summed E-state index contributed by atoms with van der Waals surface area (Å²) in [5.41, 5.74) is -1.04. The molecule has 1 amide bonds. The molecule has 2 aromatic rings. The highest BCUT2D eigenvalue weighted by Crippen LogP contribution is 2.41. The Morgan fingerprint density at radius 1 is 1.38 bits per heavy atom. The summed E-state index contributed by atoms with van der Waals surface area (Å²) < 4.78 is 38.5. The van der Waals surface area contributed by atoms with E-state index in [1.54, 1.807) is 30.3 Å². The Balaban J connectivity index is 1.72. The largest absolute Gasteiger partial charge is 0.418 e. The molecule has 1 aromatic carbocycles. The van der Waals surface area contributed by atoms with Crippen LogP contribution in [0.1, 0.15) is 12.6 Å². The van der Waals surface area contributed by atoms with E-state index in [0.717, 1.165) is 6.20 Å². The van der Waals surface area contributed by atoms with Gasteiger partial charge in [-0.3, -0.25) is 9.88 Å². The number of nitrogens with one attached hydrogen (secondary N) is 1. The van der Waals surface area contributed by atoms with Gasteiger partial charge in [0.2, 0.25) is 6.23 Å². The molecular formula is C16H15F2N3O5. The molecule has 2 atom stereocenters. The minimum Gasteiger partial charge on any atom is -0.410 e. The van der Waals surface area contributed by atoms with Gasteiger partial charge in [0.1, 0.15) is 11.6 Å². The number of nitrogens with zero attached hydrogens (tertiary/aromatic N) is 2. The molecule has 26 heavy (non-hydrogen) atoms. The number of hydrogen-bond donors (Lipinski definition) is 2. The van der Waals surface area contributed by atoms with E-state index in [9.17, 15) is 18.4 Å². The molecule has 3 rings (SSSR count). The van der Waals surface area contributed by atoms with E-state index < -0.39 is 43.1 Å². The van der Waals surface area contributed by atoms with Crippen molar-refractivity contribution in [2.45, 2.75) is 24.7 Å². The number of carbonyl (C=O) groups is 1. The van der Waals surface area contributed by atoms with Crippen LogP contribution in [-0.4, -0.2) is 39.4 Å². The van der Waals surface area contributed by atoms with E-state index in [2.05, 4.69) is 10.3 Å². The fourth-order valence-electron chi connectivity index (χ4n) is 2.50. The fourth-order valence-corrected chi connectivity index (χ4v) is 2.50. The lowest BCUT2D eigenvalue weighted by Crippen LogP contribution is -2.35. The van der Waals surface area contributed by atoms with Crippen molar-refractivity contribution in [2.75, 3.05) is 11.9 Å². The standard InChI is InChI=1S/C16H15F2N3O5/c17-16(18)8-11(9-22)25-13(16)21-7-6-12(19-14(21)23)20-15(24)26-10-4-2-1-3-5-10/h1-7,11,13,22H,8-9H2,(H,19,20,23,24). The van der Waals surface area contributed by atoms with Crippen LogP contribution in [0.15, 0.2) is 47.4 Å². The number of benzene rings is 1. The molecule has 2 unspecified atom stereocenters. The molecule has 0 radical (unpaired) electrons. The Kier molecular flexibility index (Phi) is 4.96. The first-order chi connectivity index (χ1) is 12.4. The maximum atomic E-state index is 14.0. The predicted molar refractivity (Wildman–Crippen MR) is 85.1 cm³/mol. The molecule has 1 aliphatic rings. The maximum absolute atomic E-state index is 14.0. The number of para-hydroxylation sites is 1. The zero-order valence-electron chi connectivity index (χ0n) is 13.3. The van der Waals surface area contributed by atoms with Gasteiger partial charge in [-0.2, -0.15) is 4.98 Å². The second-order valence-corrected chi connectivity index (χ2v) is 5.59. The Morgan fingerprint density at radius 2 is 2.12 bits per heavy atom. The number of anilines is 1. The molecule has 0 aliphatic carbocycles. The summed E-state index contributed by atoms with van der Waals surface area (Å²) in [6, 6.07) is 9.37. The average Bonchev–Trinajstić information content (AvgIpc) is 2.90. The number of aromatic nitrogens is 2. The minimum absolute atomic E-state index is 0.160. The third-order valence-corrected chi connectivity index (χ3v) is 3.65. The number of aliphatic hydroxyl groups is 1. The second-order valence-electron chi connectivity index (χ2n) is 5.59. The quantitative estimate of drug-likeness (QED) is 0.854. The zero-order chi connectivity index (χ0) is 18.7. The Morgan fingerprint density at radius 3 is 2.73 bits per heavy atom. The van der Waals surface area contributed by atoms with Crippen LogP contribution in [0.2, 0.25) is 0 Å². The summed E-state index contributed by atoms with van der Waals surface area (Å²) in [7, 11) is 0.